The topological polar surface area (TPSA) is 104 Å². The Balaban J connectivity index is 1.17. The number of carboxylic acid groups (broad SMARTS) is 1. The number of halogens is 2. The minimum Gasteiger partial charge on any atom is -0.472 e. The fraction of sp³-hybridized carbons (Fsp3) is 0.459. The number of hydrogen-bond acceptors (Lipinski definition) is 8. The molecule has 12 heteroatoms. The molecule has 6 aliphatic rings. The number of fused-ring (bicyclic) bond motifs is 9. The van der Waals surface area contributed by atoms with E-state index in [0.29, 0.717) is 65.5 Å². The second kappa shape index (κ2) is 10.1. The smallest absolute Gasteiger partial charge is 0.407 e. The molecule has 0 radical (unpaired) electrons. The van der Waals surface area contributed by atoms with Crippen molar-refractivity contribution in [2.75, 3.05) is 24.6 Å². The maximum absolute atomic E-state index is 17.2. The average Bonchev–Trinajstić information content (AvgIpc) is 3.46. The zero-order valence-corrected chi connectivity index (χ0v) is 26.9. The lowest BCUT2D eigenvalue weighted by atomic mass is 9.93. The molecule has 10 nitrogen and oxygen atoms in total. The van der Waals surface area contributed by atoms with Gasteiger partial charge in [0.2, 0.25) is 5.88 Å². The number of ether oxygens (including phenoxy) is 2. The van der Waals surface area contributed by atoms with E-state index in [-0.39, 0.29) is 46.3 Å². The third-order valence-electron chi connectivity index (χ3n) is 12.1. The highest BCUT2D eigenvalue weighted by Crippen LogP contribution is 2.57. The molecule has 5 unspecified atom stereocenters. The van der Waals surface area contributed by atoms with Crippen molar-refractivity contribution in [3.8, 4) is 35.5 Å². The molecule has 0 spiro atoms. The summed E-state index contributed by atoms with van der Waals surface area (Å²) in [5, 5.41) is 11.5. The van der Waals surface area contributed by atoms with Gasteiger partial charge in [-0.25, -0.2) is 18.6 Å². The van der Waals surface area contributed by atoms with E-state index < -0.39 is 29.9 Å². The van der Waals surface area contributed by atoms with Crippen LogP contribution >= 0.6 is 0 Å². The van der Waals surface area contributed by atoms with E-state index in [1.807, 2.05) is 6.92 Å². The van der Waals surface area contributed by atoms with Crippen LogP contribution in [0.4, 0.5) is 19.4 Å². The summed E-state index contributed by atoms with van der Waals surface area (Å²) in [6, 6.07) is 7.78. The number of piperidine rings is 1. The Hall–Kier alpha value is -4.76. The monoisotopic (exact) mass is 664 g/mol. The molecule has 4 aromatic rings. The number of hydrogen-bond donors (Lipinski definition) is 1. The van der Waals surface area contributed by atoms with Gasteiger partial charge in [-0.15, -0.1) is 6.42 Å². The molecule has 5 aliphatic heterocycles. The maximum Gasteiger partial charge on any atom is 0.407 e. The highest BCUT2D eigenvalue weighted by atomic mass is 19.1. The van der Waals surface area contributed by atoms with Crippen molar-refractivity contribution in [1.29, 1.82) is 0 Å². The van der Waals surface area contributed by atoms with Crippen LogP contribution in [-0.2, 0) is 0 Å². The van der Waals surface area contributed by atoms with Gasteiger partial charge in [0, 0.05) is 23.5 Å². The molecule has 250 valence electrons. The largest absolute Gasteiger partial charge is 0.472 e. The number of pyridine rings is 1. The van der Waals surface area contributed by atoms with Crippen molar-refractivity contribution >= 4 is 33.6 Å². The second-order valence-corrected chi connectivity index (χ2v) is 14.6. The Morgan fingerprint density at radius 2 is 2.04 bits per heavy atom. The molecular formula is C37H34F2N6O4. The highest BCUT2D eigenvalue weighted by Gasteiger charge is 2.61. The summed E-state index contributed by atoms with van der Waals surface area (Å²) in [7, 11) is 0. The number of piperazine rings is 1. The van der Waals surface area contributed by atoms with Crippen molar-refractivity contribution in [2.24, 2.45) is 5.92 Å². The number of rotatable bonds is 4. The van der Waals surface area contributed by atoms with E-state index >= 15 is 8.78 Å². The van der Waals surface area contributed by atoms with E-state index in [9.17, 15) is 9.90 Å². The molecule has 2 bridgehead atoms. The standard InChI is InChI=1S/C37H34F2N6O4/c1-3-22-24(38)10-8-19-6-4-7-23(27(19)22)30-29(39)31-28-33(42-35(41-31)48-17-37-12-5-13-44(37)26-14-20(26)15-37)43-16-21-9-11-25(45(21)36(46)47)32(43)18(2)49-34(28)40-30/h1,4,6-8,10,18,20-21,25-26,32H,5,9,11-17H2,2H3,(H,46,47)/t18?,20-,21?,25?,26-,32?,37?/m0/s1. The molecule has 1 aliphatic carbocycles. The second-order valence-electron chi connectivity index (χ2n) is 14.6. The molecule has 1 N–H and O–H groups in total. The lowest BCUT2D eigenvalue weighted by molar-refractivity contribution is 0.0705. The highest BCUT2D eigenvalue weighted by molar-refractivity contribution is 6.03. The SMILES string of the molecule is C#Cc1c(F)ccc2cccc(-c3nc4c5c(nc(OCC67CCCN6[C@H]6C[C@H]6C7)nc5c3F)N3CC5CCC(C3C(C)O4)N5C(=O)O)c12. The zero-order valence-electron chi connectivity index (χ0n) is 26.9. The van der Waals surface area contributed by atoms with Gasteiger partial charge in [-0.1, -0.05) is 30.2 Å². The molecular weight excluding hydrogens is 630 g/mol. The quantitative estimate of drug-likeness (QED) is 0.280. The Bertz CT molecular complexity index is 2160. The van der Waals surface area contributed by atoms with Crippen molar-refractivity contribution in [1.82, 2.24) is 24.8 Å². The molecule has 49 heavy (non-hydrogen) atoms. The fourth-order valence-electron chi connectivity index (χ4n) is 10.1. The van der Waals surface area contributed by atoms with Crippen LogP contribution < -0.4 is 14.4 Å². The molecule has 7 heterocycles. The van der Waals surface area contributed by atoms with E-state index in [2.05, 4.69) is 15.7 Å². The Morgan fingerprint density at radius 3 is 2.88 bits per heavy atom. The first-order valence-electron chi connectivity index (χ1n) is 17.2. The van der Waals surface area contributed by atoms with E-state index in [4.69, 9.17) is 30.8 Å². The van der Waals surface area contributed by atoms with Gasteiger partial charge in [-0.3, -0.25) is 9.80 Å². The number of aromatic nitrogens is 3. The summed E-state index contributed by atoms with van der Waals surface area (Å²) in [5.74, 6) is 2.38. The van der Waals surface area contributed by atoms with Crippen molar-refractivity contribution in [3.63, 3.8) is 0 Å². The summed E-state index contributed by atoms with van der Waals surface area (Å²) in [6.07, 6.45) is 10.1. The van der Waals surface area contributed by atoms with Crippen molar-refractivity contribution in [3.05, 3.63) is 47.5 Å². The van der Waals surface area contributed by atoms with Gasteiger partial charge in [0.25, 0.3) is 0 Å². The summed E-state index contributed by atoms with van der Waals surface area (Å²) in [5.41, 5.74) is 0.148. The van der Waals surface area contributed by atoms with Crippen molar-refractivity contribution < 1.29 is 28.2 Å². The lowest BCUT2D eigenvalue weighted by Crippen LogP contribution is -2.64. The number of amides is 1. The average molecular weight is 665 g/mol. The van der Waals surface area contributed by atoms with Crippen LogP contribution in [0.1, 0.15) is 51.0 Å². The minimum atomic E-state index is -0.966. The molecule has 7 atom stereocenters. The van der Waals surface area contributed by atoms with E-state index in [1.165, 1.54) is 17.4 Å². The predicted molar refractivity (Wildman–Crippen MR) is 177 cm³/mol. The van der Waals surface area contributed by atoms with Crippen LogP contribution in [0.3, 0.4) is 0 Å². The predicted octanol–water partition coefficient (Wildman–Crippen LogP) is 5.59. The molecule has 2 aromatic carbocycles. The number of anilines is 1. The Labute approximate surface area is 281 Å². The van der Waals surface area contributed by atoms with Gasteiger partial charge in [0.1, 0.15) is 40.9 Å². The van der Waals surface area contributed by atoms with Crippen LogP contribution in [0.5, 0.6) is 11.9 Å². The summed E-state index contributed by atoms with van der Waals surface area (Å²) >= 11 is 0. The van der Waals surface area contributed by atoms with E-state index in [0.717, 1.165) is 25.8 Å². The third kappa shape index (κ3) is 4.02. The molecule has 4 saturated heterocycles. The van der Waals surface area contributed by atoms with Gasteiger partial charge in [-0.05, 0) is 69.4 Å². The van der Waals surface area contributed by atoms with Gasteiger partial charge in [-0.2, -0.15) is 9.97 Å². The zero-order chi connectivity index (χ0) is 33.3. The minimum absolute atomic E-state index is 0.0128. The van der Waals surface area contributed by atoms with Crippen LogP contribution in [0, 0.1) is 29.9 Å². The van der Waals surface area contributed by atoms with Crippen LogP contribution in [0.2, 0.25) is 0 Å². The lowest BCUT2D eigenvalue weighted by Gasteiger charge is -2.47. The first kappa shape index (κ1) is 29.2. The fourth-order valence-corrected chi connectivity index (χ4v) is 10.1. The molecule has 5 fully saturated rings. The molecule has 1 amide bonds. The number of carbonyl (C=O) groups is 1. The summed E-state index contributed by atoms with van der Waals surface area (Å²) < 4.78 is 45.3. The normalized spacial score (nSPS) is 30.8. The van der Waals surface area contributed by atoms with E-state index in [1.54, 1.807) is 24.3 Å². The van der Waals surface area contributed by atoms with Crippen LogP contribution in [-0.4, -0.2) is 91.5 Å². The number of benzene rings is 2. The molecule has 1 saturated carbocycles. The van der Waals surface area contributed by atoms with Gasteiger partial charge >= 0.3 is 12.1 Å². The third-order valence-corrected chi connectivity index (χ3v) is 12.1. The Kier molecular flexibility index (Phi) is 6.04. The van der Waals surface area contributed by atoms with Gasteiger partial charge in [0.05, 0.1) is 29.2 Å². The summed E-state index contributed by atoms with van der Waals surface area (Å²) in [4.78, 5) is 33.0. The van der Waals surface area contributed by atoms with Gasteiger partial charge in [0.15, 0.2) is 5.82 Å². The molecule has 2 aromatic heterocycles. The molecule has 10 rings (SSSR count). The van der Waals surface area contributed by atoms with Crippen molar-refractivity contribution in [2.45, 2.75) is 81.3 Å². The van der Waals surface area contributed by atoms with Crippen LogP contribution in [0.25, 0.3) is 32.9 Å². The Morgan fingerprint density at radius 1 is 1.16 bits per heavy atom. The first-order valence-corrected chi connectivity index (χ1v) is 17.2. The maximum atomic E-state index is 17.2. The van der Waals surface area contributed by atoms with Gasteiger partial charge < -0.3 is 19.5 Å². The number of nitrogens with zero attached hydrogens (tertiary/aromatic N) is 6. The summed E-state index contributed by atoms with van der Waals surface area (Å²) in [6.45, 7) is 3.71. The van der Waals surface area contributed by atoms with Crippen LogP contribution in [0.15, 0.2) is 30.3 Å². The number of terminal acetylenes is 1. The first-order chi connectivity index (χ1) is 23.8.